The zero-order valence-corrected chi connectivity index (χ0v) is 21.8. The van der Waals surface area contributed by atoms with E-state index in [2.05, 4.69) is 10.2 Å². The quantitative estimate of drug-likeness (QED) is 0.405. The Morgan fingerprint density at radius 2 is 1.74 bits per heavy atom. The second kappa shape index (κ2) is 13.7. The zero-order chi connectivity index (χ0) is 26.7. The Labute approximate surface area is 223 Å². The summed E-state index contributed by atoms with van der Waals surface area (Å²) < 4.78 is 24.4. The van der Waals surface area contributed by atoms with Crippen LogP contribution < -0.4 is 5.32 Å². The minimum Gasteiger partial charge on any atom is -0.467 e. The Balaban J connectivity index is 1.50. The van der Waals surface area contributed by atoms with Gasteiger partial charge in [-0.2, -0.15) is 0 Å². The van der Waals surface area contributed by atoms with E-state index < -0.39 is 0 Å². The van der Waals surface area contributed by atoms with Crippen molar-refractivity contribution in [2.45, 2.75) is 26.4 Å². The van der Waals surface area contributed by atoms with E-state index in [0.717, 1.165) is 36.3 Å². The van der Waals surface area contributed by atoms with Crippen LogP contribution in [-0.2, 0) is 29.0 Å². The van der Waals surface area contributed by atoms with Crippen molar-refractivity contribution in [3.05, 3.63) is 89.6 Å². The highest BCUT2D eigenvalue weighted by atomic mass is 19.1. The maximum atomic E-state index is 13.6. The number of rotatable bonds is 11. The van der Waals surface area contributed by atoms with Gasteiger partial charge in [0.2, 0.25) is 5.91 Å². The number of carbonyl (C=O) groups excluding carboxylic acids is 2. The van der Waals surface area contributed by atoms with Crippen molar-refractivity contribution < 1.29 is 23.1 Å². The molecule has 0 spiro atoms. The number of para-hydroxylation sites is 1. The fourth-order valence-corrected chi connectivity index (χ4v) is 4.38. The monoisotopic (exact) mass is 522 g/mol. The minimum atomic E-state index is -0.337. The van der Waals surface area contributed by atoms with E-state index >= 15 is 0 Å². The van der Waals surface area contributed by atoms with E-state index in [-0.39, 0.29) is 37.4 Å². The molecule has 1 fully saturated rings. The SMILES string of the molecule is CCc1ccccc1NC(=O)N(CCN1CCOCC1)CC(=O)N(Cc1ccc(F)cc1)Cc1ccco1. The fourth-order valence-electron chi connectivity index (χ4n) is 4.38. The summed E-state index contributed by atoms with van der Waals surface area (Å²) in [5.41, 5.74) is 2.55. The molecule has 1 N–H and O–H groups in total. The number of halogens is 1. The molecule has 8 nitrogen and oxygen atoms in total. The molecule has 9 heteroatoms. The molecule has 1 aromatic heterocycles. The average Bonchev–Trinajstić information content (AvgIpc) is 3.46. The maximum absolute atomic E-state index is 13.6. The van der Waals surface area contributed by atoms with Crippen LogP contribution in [-0.4, -0.2) is 72.6 Å². The van der Waals surface area contributed by atoms with Gasteiger partial charge in [-0.1, -0.05) is 37.3 Å². The summed E-state index contributed by atoms with van der Waals surface area (Å²) in [5, 5.41) is 3.01. The second-order valence-electron chi connectivity index (χ2n) is 9.27. The van der Waals surface area contributed by atoms with Gasteiger partial charge in [0, 0.05) is 38.4 Å². The summed E-state index contributed by atoms with van der Waals surface area (Å²) in [6, 6.07) is 17.0. The molecule has 2 heterocycles. The molecular weight excluding hydrogens is 487 g/mol. The number of benzene rings is 2. The van der Waals surface area contributed by atoms with Crippen molar-refractivity contribution in [2.75, 3.05) is 51.3 Å². The number of furan rings is 1. The number of anilines is 1. The standard InChI is InChI=1S/C29H35FN4O4/c1-2-24-6-3-4-8-27(24)31-29(36)33(14-13-32-15-18-37-19-16-32)22-28(35)34(21-26-7-5-17-38-26)20-23-9-11-25(30)12-10-23/h3-12,17H,2,13-16,18-22H2,1H3,(H,31,36). The first kappa shape index (κ1) is 27.3. The van der Waals surface area contributed by atoms with E-state index in [9.17, 15) is 14.0 Å². The van der Waals surface area contributed by atoms with Gasteiger partial charge in [-0.15, -0.1) is 0 Å². The summed E-state index contributed by atoms with van der Waals surface area (Å²) >= 11 is 0. The smallest absolute Gasteiger partial charge is 0.322 e. The van der Waals surface area contributed by atoms with E-state index in [1.54, 1.807) is 40.3 Å². The predicted molar refractivity (Wildman–Crippen MR) is 143 cm³/mol. The van der Waals surface area contributed by atoms with E-state index in [1.165, 1.54) is 12.1 Å². The number of carbonyl (C=O) groups is 2. The van der Waals surface area contributed by atoms with Crippen molar-refractivity contribution in [1.29, 1.82) is 0 Å². The lowest BCUT2D eigenvalue weighted by molar-refractivity contribution is -0.133. The normalized spacial score (nSPS) is 13.7. The Kier molecular flexibility index (Phi) is 9.89. The summed E-state index contributed by atoms with van der Waals surface area (Å²) in [4.78, 5) is 32.5. The molecule has 0 bridgehead atoms. The maximum Gasteiger partial charge on any atom is 0.322 e. The Morgan fingerprint density at radius 3 is 2.45 bits per heavy atom. The van der Waals surface area contributed by atoms with E-state index in [4.69, 9.17) is 9.15 Å². The van der Waals surface area contributed by atoms with Crippen LogP contribution in [0.4, 0.5) is 14.9 Å². The molecule has 2 aromatic carbocycles. The van der Waals surface area contributed by atoms with Gasteiger partial charge in [0.1, 0.15) is 18.1 Å². The molecule has 202 valence electrons. The van der Waals surface area contributed by atoms with Crippen LogP contribution in [0.5, 0.6) is 0 Å². The molecular formula is C29H35FN4O4. The van der Waals surface area contributed by atoms with Crippen LogP contribution in [0.25, 0.3) is 0 Å². The number of nitrogens with zero attached hydrogens (tertiary/aromatic N) is 3. The van der Waals surface area contributed by atoms with Crippen LogP contribution in [0.1, 0.15) is 23.8 Å². The second-order valence-corrected chi connectivity index (χ2v) is 9.27. The van der Waals surface area contributed by atoms with Gasteiger partial charge in [0.25, 0.3) is 0 Å². The molecule has 3 aromatic rings. The molecule has 4 rings (SSSR count). The summed E-state index contributed by atoms with van der Waals surface area (Å²) in [6.07, 6.45) is 2.33. The van der Waals surface area contributed by atoms with Crippen LogP contribution in [0, 0.1) is 5.82 Å². The van der Waals surface area contributed by atoms with Crippen molar-refractivity contribution in [2.24, 2.45) is 0 Å². The van der Waals surface area contributed by atoms with E-state index in [1.807, 2.05) is 31.2 Å². The predicted octanol–water partition coefficient (Wildman–Crippen LogP) is 4.38. The van der Waals surface area contributed by atoms with Gasteiger partial charge in [-0.25, -0.2) is 9.18 Å². The number of urea groups is 1. The lowest BCUT2D eigenvalue weighted by Gasteiger charge is -2.31. The first-order valence-electron chi connectivity index (χ1n) is 13.0. The molecule has 0 radical (unpaired) electrons. The van der Waals surface area contributed by atoms with Crippen molar-refractivity contribution in [3.63, 3.8) is 0 Å². The number of aryl methyl sites for hydroxylation is 1. The Morgan fingerprint density at radius 1 is 0.974 bits per heavy atom. The lowest BCUT2D eigenvalue weighted by atomic mass is 10.1. The topological polar surface area (TPSA) is 78.3 Å². The van der Waals surface area contributed by atoms with Gasteiger partial charge in [-0.3, -0.25) is 9.69 Å². The molecule has 1 aliphatic rings. The van der Waals surface area contributed by atoms with Crippen LogP contribution in [0.2, 0.25) is 0 Å². The van der Waals surface area contributed by atoms with Gasteiger partial charge in [-0.05, 0) is 47.9 Å². The third-order valence-corrected chi connectivity index (χ3v) is 6.61. The summed E-state index contributed by atoms with van der Waals surface area (Å²) in [5.74, 6) is 0.0595. The number of nitrogens with one attached hydrogen (secondary N) is 1. The number of amides is 3. The highest BCUT2D eigenvalue weighted by Crippen LogP contribution is 2.17. The van der Waals surface area contributed by atoms with Crippen LogP contribution >= 0.6 is 0 Å². The number of hydrogen-bond donors (Lipinski definition) is 1. The molecule has 1 aliphatic heterocycles. The molecule has 38 heavy (non-hydrogen) atoms. The van der Waals surface area contributed by atoms with Crippen LogP contribution in [0.15, 0.2) is 71.3 Å². The van der Waals surface area contributed by atoms with Crippen LogP contribution in [0.3, 0.4) is 0 Å². The molecule has 0 unspecified atom stereocenters. The van der Waals surface area contributed by atoms with Crippen molar-refractivity contribution in [3.8, 4) is 0 Å². The number of hydrogen-bond acceptors (Lipinski definition) is 5. The summed E-state index contributed by atoms with van der Waals surface area (Å²) in [6.45, 7) is 6.34. The van der Waals surface area contributed by atoms with Gasteiger partial charge >= 0.3 is 6.03 Å². The molecule has 0 aliphatic carbocycles. The Bertz CT molecular complexity index is 1160. The van der Waals surface area contributed by atoms with E-state index in [0.29, 0.717) is 32.1 Å². The van der Waals surface area contributed by atoms with Crippen molar-refractivity contribution >= 4 is 17.6 Å². The van der Waals surface area contributed by atoms with Gasteiger partial charge in [0.05, 0.1) is 26.0 Å². The first-order chi connectivity index (χ1) is 18.5. The zero-order valence-electron chi connectivity index (χ0n) is 21.8. The third kappa shape index (κ3) is 7.90. The highest BCUT2D eigenvalue weighted by molar-refractivity contribution is 5.93. The first-order valence-corrected chi connectivity index (χ1v) is 13.0. The largest absolute Gasteiger partial charge is 0.467 e. The van der Waals surface area contributed by atoms with Gasteiger partial charge < -0.3 is 24.3 Å². The van der Waals surface area contributed by atoms with Crippen molar-refractivity contribution in [1.82, 2.24) is 14.7 Å². The molecule has 3 amide bonds. The molecule has 1 saturated heterocycles. The fraction of sp³-hybridized carbons (Fsp3) is 0.379. The lowest BCUT2D eigenvalue weighted by Crippen LogP contribution is -2.48. The summed E-state index contributed by atoms with van der Waals surface area (Å²) in [7, 11) is 0. The Hall–Kier alpha value is -3.69. The third-order valence-electron chi connectivity index (χ3n) is 6.61. The van der Waals surface area contributed by atoms with Gasteiger partial charge in [0.15, 0.2) is 0 Å². The number of morpholine rings is 1. The minimum absolute atomic E-state index is 0.105. The molecule has 0 saturated carbocycles. The highest BCUT2D eigenvalue weighted by Gasteiger charge is 2.24. The average molecular weight is 523 g/mol. The molecule has 0 atom stereocenters. The number of ether oxygens (including phenoxy) is 1.